The van der Waals surface area contributed by atoms with E-state index in [1.165, 1.54) is 0 Å². The predicted molar refractivity (Wildman–Crippen MR) is 74.7 cm³/mol. The third-order valence-corrected chi connectivity index (χ3v) is 3.63. The van der Waals surface area contributed by atoms with Crippen LogP contribution in [0.2, 0.25) is 0 Å². The number of carbonyl (C=O) groups is 1. The molecule has 2 N–H and O–H groups in total. The molecule has 1 aromatic rings. The molecule has 0 radical (unpaired) electrons. The molecule has 1 fully saturated rings. The van der Waals surface area contributed by atoms with E-state index >= 15 is 0 Å². The summed E-state index contributed by atoms with van der Waals surface area (Å²) in [5.74, 6) is 1.50. The summed E-state index contributed by atoms with van der Waals surface area (Å²) in [4.78, 5) is 14.0. The fourth-order valence-electron chi connectivity index (χ4n) is 2.44. The summed E-state index contributed by atoms with van der Waals surface area (Å²) in [7, 11) is 0. The number of carbonyl (C=O) groups excluding carboxylic acids is 1. The number of amides is 1. The largest absolute Gasteiger partial charge is 0.486 e. The Bertz CT molecular complexity index is 500. The SMILES string of the molecule is CC(N)C(=O)N(CC1COc2ccccc2O1)C1CC1. The number of ether oxygens (including phenoxy) is 2. The van der Waals surface area contributed by atoms with Crippen molar-refractivity contribution in [2.45, 2.75) is 38.0 Å². The molecule has 0 bridgehead atoms. The van der Waals surface area contributed by atoms with Crippen molar-refractivity contribution in [2.75, 3.05) is 13.2 Å². The number of nitrogens with two attached hydrogens (primary N) is 1. The minimum atomic E-state index is -0.465. The van der Waals surface area contributed by atoms with Gasteiger partial charge in [-0.1, -0.05) is 12.1 Å². The maximum Gasteiger partial charge on any atom is 0.239 e. The number of fused-ring (bicyclic) bond motifs is 1. The lowest BCUT2D eigenvalue weighted by Gasteiger charge is -2.32. The summed E-state index contributed by atoms with van der Waals surface area (Å²) < 4.78 is 11.6. The fraction of sp³-hybridized carbons (Fsp3) is 0.533. The Morgan fingerprint density at radius 1 is 1.40 bits per heavy atom. The van der Waals surface area contributed by atoms with Crippen LogP contribution < -0.4 is 15.2 Å². The Labute approximate surface area is 118 Å². The smallest absolute Gasteiger partial charge is 0.239 e. The zero-order valence-electron chi connectivity index (χ0n) is 11.6. The lowest BCUT2D eigenvalue weighted by Crippen LogP contribution is -2.49. The van der Waals surface area contributed by atoms with Crippen LogP contribution in [0, 0.1) is 0 Å². The maximum absolute atomic E-state index is 12.1. The van der Waals surface area contributed by atoms with Gasteiger partial charge in [0.1, 0.15) is 6.61 Å². The fourth-order valence-corrected chi connectivity index (χ4v) is 2.44. The molecular formula is C15H20N2O3. The topological polar surface area (TPSA) is 64.8 Å². The average Bonchev–Trinajstić information content (AvgIpc) is 3.28. The van der Waals surface area contributed by atoms with E-state index in [9.17, 15) is 4.79 Å². The number of benzene rings is 1. The van der Waals surface area contributed by atoms with Crippen LogP contribution in [0.5, 0.6) is 11.5 Å². The molecule has 20 heavy (non-hydrogen) atoms. The molecule has 1 heterocycles. The highest BCUT2D eigenvalue weighted by atomic mass is 16.6. The zero-order chi connectivity index (χ0) is 14.1. The molecule has 1 saturated carbocycles. The van der Waals surface area contributed by atoms with Crippen LogP contribution in [0.4, 0.5) is 0 Å². The molecule has 1 amide bonds. The van der Waals surface area contributed by atoms with Gasteiger partial charge < -0.3 is 20.1 Å². The van der Waals surface area contributed by atoms with Crippen LogP contribution >= 0.6 is 0 Å². The minimum absolute atomic E-state index is 0.00467. The first kappa shape index (κ1) is 13.2. The van der Waals surface area contributed by atoms with E-state index in [2.05, 4.69) is 0 Å². The van der Waals surface area contributed by atoms with E-state index in [-0.39, 0.29) is 12.0 Å². The summed E-state index contributed by atoms with van der Waals surface area (Å²) in [6, 6.07) is 7.46. The Morgan fingerprint density at radius 3 is 2.75 bits per heavy atom. The number of hydrogen-bond donors (Lipinski definition) is 1. The first-order chi connectivity index (χ1) is 9.65. The van der Waals surface area contributed by atoms with Gasteiger partial charge in [0.2, 0.25) is 5.91 Å². The molecule has 2 atom stereocenters. The second kappa shape index (κ2) is 5.32. The number of rotatable bonds is 4. The van der Waals surface area contributed by atoms with Crippen molar-refractivity contribution in [3.8, 4) is 11.5 Å². The van der Waals surface area contributed by atoms with Gasteiger partial charge >= 0.3 is 0 Å². The lowest BCUT2D eigenvalue weighted by atomic mass is 10.2. The Balaban J connectivity index is 1.67. The summed E-state index contributed by atoms with van der Waals surface area (Å²) in [6.07, 6.45) is 1.99. The van der Waals surface area contributed by atoms with Gasteiger partial charge in [0, 0.05) is 6.04 Å². The number of nitrogens with zero attached hydrogens (tertiary/aromatic N) is 1. The molecule has 5 nitrogen and oxygen atoms in total. The van der Waals surface area contributed by atoms with Gasteiger partial charge in [0.25, 0.3) is 0 Å². The van der Waals surface area contributed by atoms with Gasteiger partial charge in [0.05, 0.1) is 12.6 Å². The van der Waals surface area contributed by atoms with E-state index in [0.29, 0.717) is 19.2 Å². The van der Waals surface area contributed by atoms with Crippen LogP contribution in [0.15, 0.2) is 24.3 Å². The van der Waals surface area contributed by atoms with Crippen LogP contribution in [-0.4, -0.2) is 42.1 Å². The van der Waals surface area contributed by atoms with Crippen molar-refractivity contribution in [2.24, 2.45) is 5.73 Å². The maximum atomic E-state index is 12.1. The number of hydrogen-bond acceptors (Lipinski definition) is 4. The Hall–Kier alpha value is -1.75. The van der Waals surface area contributed by atoms with Crippen LogP contribution in [0.25, 0.3) is 0 Å². The van der Waals surface area contributed by atoms with Gasteiger partial charge in [-0.3, -0.25) is 4.79 Å². The highest BCUT2D eigenvalue weighted by Gasteiger charge is 2.36. The van der Waals surface area contributed by atoms with Gasteiger partial charge in [0.15, 0.2) is 17.6 Å². The monoisotopic (exact) mass is 276 g/mol. The molecular weight excluding hydrogens is 256 g/mol. The van der Waals surface area contributed by atoms with Crippen molar-refractivity contribution in [3.05, 3.63) is 24.3 Å². The van der Waals surface area contributed by atoms with Gasteiger partial charge in [-0.2, -0.15) is 0 Å². The van der Waals surface area contributed by atoms with Crippen molar-refractivity contribution in [1.29, 1.82) is 0 Å². The van der Waals surface area contributed by atoms with Crippen LogP contribution in [0.3, 0.4) is 0 Å². The lowest BCUT2D eigenvalue weighted by molar-refractivity contribution is -0.134. The Morgan fingerprint density at radius 2 is 2.10 bits per heavy atom. The van der Waals surface area contributed by atoms with E-state index in [4.69, 9.17) is 15.2 Å². The summed E-state index contributed by atoms with van der Waals surface area (Å²) in [5.41, 5.74) is 5.72. The molecule has 0 spiro atoms. The molecule has 1 aliphatic carbocycles. The molecule has 1 aromatic carbocycles. The second-order valence-electron chi connectivity index (χ2n) is 5.51. The predicted octanol–water partition coefficient (Wildman–Crippen LogP) is 1.16. The van der Waals surface area contributed by atoms with Crippen molar-refractivity contribution >= 4 is 5.91 Å². The third-order valence-electron chi connectivity index (χ3n) is 3.63. The van der Waals surface area contributed by atoms with E-state index in [1.807, 2.05) is 29.2 Å². The highest BCUT2D eigenvalue weighted by molar-refractivity contribution is 5.81. The Kier molecular flexibility index (Phi) is 3.53. The quantitative estimate of drug-likeness (QED) is 0.896. The molecule has 2 unspecified atom stereocenters. The van der Waals surface area contributed by atoms with Crippen LogP contribution in [-0.2, 0) is 4.79 Å². The van der Waals surface area contributed by atoms with Crippen molar-refractivity contribution < 1.29 is 14.3 Å². The van der Waals surface area contributed by atoms with Crippen LogP contribution in [0.1, 0.15) is 19.8 Å². The first-order valence-corrected chi connectivity index (χ1v) is 7.09. The molecule has 1 aliphatic heterocycles. The first-order valence-electron chi connectivity index (χ1n) is 7.09. The normalized spacial score (nSPS) is 22.2. The van der Waals surface area contributed by atoms with Crippen molar-refractivity contribution in [1.82, 2.24) is 4.90 Å². The third kappa shape index (κ3) is 2.72. The van der Waals surface area contributed by atoms with E-state index in [0.717, 1.165) is 24.3 Å². The standard InChI is InChI=1S/C15H20N2O3/c1-10(16)15(18)17(11-6-7-11)8-12-9-19-13-4-2-3-5-14(13)20-12/h2-5,10-12H,6-9,16H2,1H3. The second-order valence-corrected chi connectivity index (χ2v) is 5.51. The molecule has 5 heteroatoms. The summed E-state index contributed by atoms with van der Waals surface area (Å²) in [5, 5.41) is 0. The number of para-hydroxylation sites is 2. The minimum Gasteiger partial charge on any atom is -0.486 e. The highest BCUT2D eigenvalue weighted by Crippen LogP contribution is 2.33. The van der Waals surface area contributed by atoms with Gasteiger partial charge in [-0.15, -0.1) is 0 Å². The summed E-state index contributed by atoms with van der Waals surface area (Å²) >= 11 is 0. The van der Waals surface area contributed by atoms with E-state index in [1.54, 1.807) is 6.92 Å². The average molecular weight is 276 g/mol. The zero-order valence-corrected chi connectivity index (χ0v) is 11.6. The van der Waals surface area contributed by atoms with E-state index < -0.39 is 6.04 Å². The van der Waals surface area contributed by atoms with Crippen molar-refractivity contribution in [3.63, 3.8) is 0 Å². The molecule has 2 aliphatic rings. The molecule has 3 rings (SSSR count). The summed E-state index contributed by atoms with van der Waals surface area (Å²) in [6.45, 7) is 2.73. The molecule has 108 valence electrons. The van der Waals surface area contributed by atoms with Gasteiger partial charge in [-0.25, -0.2) is 0 Å². The van der Waals surface area contributed by atoms with Gasteiger partial charge in [-0.05, 0) is 31.9 Å². The molecule has 0 aromatic heterocycles. The molecule has 0 saturated heterocycles.